The third kappa shape index (κ3) is 3.37. The largest absolute Gasteiger partial charge is 0.480 e. The highest BCUT2D eigenvalue weighted by Gasteiger charge is 2.40. The van der Waals surface area contributed by atoms with E-state index in [0.29, 0.717) is 13.1 Å². The summed E-state index contributed by atoms with van der Waals surface area (Å²) in [4.78, 5) is 26.6. The molecule has 2 heterocycles. The number of carboxylic acids is 1. The summed E-state index contributed by atoms with van der Waals surface area (Å²) in [6.07, 6.45) is 2.23. The van der Waals surface area contributed by atoms with Crippen LogP contribution in [-0.4, -0.2) is 63.8 Å². The van der Waals surface area contributed by atoms with Crippen LogP contribution in [-0.2, 0) is 4.79 Å². The van der Waals surface area contributed by atoms with Crippen LogP contribution in [0.25, 0.3) is 0 Å². The number of aliphatic hydroxyl groups excluding tert-OH is 1. The zero-order chi connectivity index (χ0) is 15.8. The second-order valence-electron chi connectivity index (χ2n) is 6.85. The smallest absolute Gasteiger partial charge is 0.326 e. The van der Waals surface area contributed by atoms with Crippen LogP contribution < -0.4 is 0 Å². The summed E-state index contributed by atoms with van der Waals surface area (Å²) in [6.45, 7) is 7.64. The van der Waals surface area contributed by atoms with Gasteiger partial charge in [0.2, 0.25) is 0 Å². The SMILES string of the molecule is CC(C)(C)C1=CCN(C(=O)N2C[C@@H](O)C[C@H]2C(=O)O)CC1. The van der Waals surface area contributed by atoms with E-state index < -0.39 is 18.1 Å². The molecular weight excluding hydrogens is 272 g/mol. The lowest BCUT2D eigenvalue weighted by Crippen LogP contribution is -2.49. The van der Waals surface area contributed by atoms with Crippen LogP contribution in [0.1, 0.15) is 33.6 Å². The van der Waals surface area contributed by atoms with E-state index >= 15 is 0 Å². The van der Waals surface area contributed by atoms with Crippen molar-refractivity contribution in [3.8, 4) is 0 Å². The normalized spacial score (nSPS) is 26.8. The molecule has 1 fully saturated rings. The molecule has 0 radical (unpaired) electrons. The third-order valence-electron chi connectivity index (χ3n) is 4.25. The molecule has 0 spiro atoms. The summed E-state index contributed by atoms with van der Waals surface area (Å²) in [5.41, 5.74) is 1.42. The van der Waals surface area contributed by atoms with Gasteiger partial charge in [-0.1, -0.05) is 32.4 Å². The number of carbonyl (C=O) groups excluding carboxylic acids is 1. The third-order valence-corrected chi connectivity index (χ3v) is 4.25. The van der Waals surface area contributed by atoms with Gasteiger partial charge < -0.3 is 20.0 Å². The first-order valence-corrected chi connectivity index (χ1v) is 7.36. The highest BCUT2D eigenvalue weighted by Crippen LogP contribution is 2.30. The number of hydrogen-bond acceptors (Lipinski definition) is 3. The topological polar surface area (TPSA) is 81.1 Å². The predicted octanol–water partition coefficient (Wildman–Crippen LogP) is 1.30. The quantitative estimate of drug-likeness (QED) is 0.715. The van der Waals surface area contributed by atoms with Gasteiger partial charge in [-0.2, -0.15) is 0 Å². The summed E-state index contributed by atoms with van der Waals surface area (Å²) in [5.74, 6) is -1.05. The molecule has 6 heteroatoms. The molecule has 2 atom stereocenters. The molecule has 6 nitrogen and oxygen atoms in total. The maximum atomic E-state index is 12.5. The van der Waals surface area contributed by atoms with Crippen molar-refractivity contribution in [3.63, 3.8) is 0 Å². The minimum absolute atomic E-state index is 0.0993. The van der Waals surface area contributed by atoms with Crippen LogP contribution in [0.5, 0.6) is 0 Å². The number of hydrogen-bond donors (Lipinski definition) is 2. The number of carbonyl (C=O) groups is 2. The van der Waals surface area contributed by atoms with E-state index in [1.807, 2.05) is 0 Å². The Hall–Kier alpha value is -1.56. The Bertz CT molecular complexity index is 467. The number of urea groups is 1. The summed E-state index contributed by atoms with van der Waals surface area (Å²) >= 11 is 0. The van der Waals surface area contributed by atoms with Gasteiger partial charge in [0.15, 0.2) is 0 Å². The fourth-order valence-electron chi connectivity index (χ4n) is 2.97. The van der Waals surface area contributed by atoms with Gasteiger partial charge in [0.25, 0.3) is 0 Å². The first kappa shape index (κ1) is 15.8. The molecule has 1 saturated heterocycles. The summed E-state index contributed by atoms with van der Waals surface area (Å²) < 4.78 is 0. The van der Waals surface area contributed by atoms with Crippen molar-refractivity contribution in [2.45, 2.75) is 45.8 Å². The van der Waals surface area contributed by atoms with E-state index in [0.717, 1.165) is 6.42 Å². The van der Waals surface area contributed by atoms with Crippen LogP contribution in [0.4, 0.5) is 4.79 Å². The van der Waals surface area contributed by atoms with Gasteiger partial charge in [-0.3, -0.25) is 0 Å². The minimum Gasteiger partial charge on any atom is -0.480 e. The van der Waals surface area contributed by atoms with E-state index in [1.165, 1.54) is 10.5 Å². The first-order chi connectivity index (χ1) is 9.70. The fourth-order valence-corrected chi connectivity index (χ4v) is 2.97. The van der Waals surface area contributed by atoms with E-state index in [2.05, 4.69) is 26.8 Å². The lowest BCUT2D eigenvalue weighted by molar-refractivity contribution is -0.141. The average molecular weight is 296 g/mol. The molecule has 2 amide bonds. The number of likely N-dealkylation sites (tertiary alicyclic amines) is 1. The van der Waals surface area contributed by atoms with Gasteiger partial charge in [-0.25, -0.2) is 9.59 Å². The maximum Gasteiger partial charge on any atom is 0.326 e. The Kier molecular flexibility index (Phi) is 4.27. The average Bonchev–Trinajstić information content (AvgIpc) is 2.79. The van der Waals surface area contributed by atoms with Gasteiger partial charge >= 0.3 is 12.0 Å². The molecule has 2 N–H and O–H groups in total. The minimum atomic E-state index is -1.05. The van der Waals surface area contributed by atoms with Crippen LogP contribution in [0, 0.1) is 5.41 Å². The summed E-state index contributed by atoms with van der Waals surface area (Å²) in [6, 6.07) is -1.20. The molecule has 21 heavy (non-hydrogen) atoms. The summed E-state index contributed by atoms with van der Waals surface area (Å²) in [5, 5.41) is 18.8. The second-order valence-corrected chi connectivity index (χ2v) is 6.85. The highest BCUT2D eigenvalue weighted by molar-refractivity contribution is 5.83. The molecule has 0 aromatic heterocycles. The number of nitrogens with zero attached hydrogens (tertiary/aromatic N) is 2. The van der Waals surface area contributed by atoms with Crippen LogP contribution >= 0.6 is 0 Å². The molecule has 0 aliphatic carbocycles. The molecule has 2 rings (SSSR count). The number of aliphatic carboxylic acids is 1. The molecule has 0 saturated carbocycles. The predicted molar refractivity (Wildman–Crippen MR) is 77.9 cm³/mol. The number of aliphatic hydroxyl groups is 1. The first-order valence-electron chi connectivity index (χ1n) is 7.36. The monoisotopic (exact) mass is 296 g/mol. The van der Waals surface area contributed by atoms with Gasteiger partial charge in [0.1, 0.15) is 6.04 Å². The van der Waals surface area contributed by atoms with Gasteiger partial charge in [0.05, 0.1) is 6.10 Å². The lowest BCUT2D eigenvalue weighted by atomic mass is 9.83. The molecular formula is C15H24N2O4. The standard InChI is InChI=1S/C15H24N2O4/c1-15(2,3)10-4-6-16(7-5-10)14(21)17-9-11(18)8-12(17)13(19)20/h4,11-12,18H,5-9H2,1-3H3,(H,19,20)/t11-,12-/m0/s1. The van der Waals surface area contributed by atoms with E-state index in [9.17, 15) is 14.7 Å². The molecule has 0 aromatic carbocycles. The van der Waals surface area contributed by atoms with E-state index in [4.69, 9.17) is 5.11 Å². The Morgan fingerprint density at radius 1 is 1.33 bits per heavy atom. The number of rotatable bonds is 1. The van der Waals surface area contributed by atoms with Crippen molar-refractivity contribution in [3.05, 3.63) is 11.6 Å². The lowest BCUT2D eigenvalue weighted by Gasteiger charge is -2.35. The Morgan fingerprint density at radius 3 is 2.48 bits per heavy atom. The Morgan fingerprint density at radius 2 is 2.00 bits per heavy atom. The fraction of sp³-hybridized carbons (Fsp3) is 0.733. The van der Waals surface area contributed by atoms with Crippen molar-refractivity contribution in [2.75, 3.05) is 19.6 Å². The molecule has 0 unspecified atom stereocenters. The van der Waals surface area contributed by atoms with Gasteiger partial charge in [-0.15, -0.1) is 0 Å². The number of amides is 2. The van der Waals surface area contributed by atoms with Crippen LogP contribution in [0.15, 0.2) is 11.6 Å². The molecule has 118 valence electrons. The van der Waals surface area contributed by atoms with E-state index in [1.54, 1.807) is 4.90 Å². The van der Waals surface area contributed by atoms with Crippen molar-refractivity contribution in [1.82, 2.24) is 9.80 Å². The summed E-state index contributed by atoms with van der Waals surface area (Å²) in [7, 11) is 0. The van der Waals surface area contributed by atoms with Crippen LogP contribution in [0.3, 0.4) is 0 Å². The zero-order valence-electron chi connectivity index (χ0n) is 12.9. The van der Waals surface area contributed by atoms with Crippen molar-refractivity contribution in [2.24, 2.45) is 5.41 Å². The Balaban J connectivity index is 2.05. The zero-order valence-corrected chi connectivity index (χ0v) is 12.9. The Labute approximate surface area is 125 Å². The van der Waals surface area contributed by atoms with Crippen LogP contribution in [0.2, 0.25) is 0 Å². The van der Waals surface area contributed by atoms with E-state index in [-0.39, 0.29) is 24.4 Å². The maximum absolute atomic E-state index is 12.5. The highest BCUT2D eigenvalue weighted by atomic mass is 16.4. The molecule has 0 bridgehead atoms. The molecule has 2 aliphatic heterocycles. The van der Waals surface area contributed by atoms with Crippen molar-refractivity contribution >= 4 is 12.0 Å². The number of β-amino-alcohol motifs (C(OH)–C–C–N with tert-alkyl or cyclic N) is 1. The molecule has 0 aromatic rings. The number of carboxylic acid groups (broad SMARTS) is 1. The van der Waals surface area contributed by atoms with Crippen molar-refractivity contribution in [1.29, 1.82) is 0 Å². The van der Waals surface area contributed by atoms with Crippen molar-refractivity contribution < 1.29 is 19.8 Å². The second kappa shape index (κ2) is 5.67. The van der Waals surface area contributed by atoms with Gasteiger partial charge in [0, 0.05) is 26.1 Å². The van der Waals surface area contributed by atoms with Gasteiger partial charge in [-0.05, 0) is 11.8 Å². The molecule has 2 aliphatic rings.